The maximum Gasteiger partial charge on any atom is 0.281 e. The van der Waals surface area contributed by atoms with Crippen molar-refractivity contribution in [2.75, 3.05) is 65.2 Å². The fourth-order valence-corrected chi connectivity index (χ4v) is 6.21. The zero-order valence-electron chi connectivity index (χ0n) is 17.3. The van der Waals surface area contributed by atoms with Gasteiger partial charge in [-0.3, -0.25) is 9.69 Å². The average molecular weight is 460 g/mol. The van der Waals surface area contributed by atoms with E-state index in [4.69, 9.17) is 0 Å². The predicted molar refractivity (Wildman–Crippen MR) is 114 cm³/mol. The molecule has 2 fully saturated rings. The first-order chi connectivity index (χ1) is 14.1. The number of piperazine rings is 1. The molecule has 0 saturated carbocycles. The summed E-state index contributed by atoms with van der Waals surface area (Å²) in [6, 6.07) is 6.28. The molecule has 0 aliphatic carbocycles. The molecule has 2 aliphatic heterocycles. The van der Waals surface area contributed by atoms with E-state index in [0.717, 1.165) is 12.8 Å². The van der Waals surface area contributed by atoms with Gasteiger partial charge in [0.2, 0.25) is 15.9 Å². The van der Waals surface area contributed by atoms with Crippen molar-refractivity contribution in [2.24, 2.45) is 0 Å². The molecule has 1 aromatic carbocycles. The fourth-order valence-electron chi connectivity index (χ4n) is 3.56. The Morgan fingerprint density at radius 2 is 1.60 bits per heavy atom. The van der Waals surface area contributed by atoms with Gasteiger partial charge in [0.15, 0.2) is 0 Å². The molecule has 0 unspecified atom stereocenters. The summed E-state index contributed by atoms with van der Waals surface area (Å²) in [6.07, 6.45) is 1.72. The van der Waals surface area contributed by atoms with Gasteiger partial charge in [0.25, 0.3) is 10.2 Å². The lowest BCUT2D eigenvalue weighted by molar-refractivity contribution is -0.117. The van der Waals surface area contributed by atoms with Gasteiger partial charge in [-0.1, -0.05) is 6.07 Å². The van der Waals surface area contributed by atoms with Crippen LogP contribution in [0.1, 0.15) is 12.8 Å². The first-order valence-corrected chi connectivity index (χ1v) is 12.7. The number of nitrogens with zero attached hydrogens (tertiary/aromatic N) is 4. The van der Waals surface area contributed by atoms with Crippen LogP contribution in [0.5, 0.6) is 0 Å². The molecule has 2 aliphatic rings. The number of hydrogen-bond donors (Lipinski definition) is 1. The second-order valence-electron chi connectivity index (χ2n) is 7.65. The van der Waals surface area contributed by atoms with Gasteiger partial charge >= 0.3 is 0 Å². The van der Waals surface area contributed by atoms with Crippen LogP contribution in [0, 0.1) is 0 Å². The van der Waals surface area contributed by atoms with E-state index in [9.17, 15) is 21.6 Å². The highest BCUT2D eigenvalue weighted by Crippen LogP contribution is 2.23. The molecule has 1 aromatic rings. The summed E-state index contributed by atoms with van der Waals surface area (Å²) in [5.41, 5.74) is 0.425. The zero-order chi connectivity index (χ0) is 21.9. The summed E-state index contributed by atoms with van der Waals surface area (Å²) < 4.78 is 53.8. The third-order valence-corrected chi connectivity index (χ3v) is 9.14. The number of nitrogens with one attached hydrogen (secondary N) is 1. The molecule has 0 spiro atoms. The lowest BCUT2D eigenvalue weighted by atomic mass is 10.3. The van der Waals surface area contributed by atoms with Crippen LogP contribution in [-0.2, 0) is 25.0 Å². The number of carbonyl (C=O) groups is 1. The van der Waals surface area contributed by atoms with Crippen molar-refractivity contribution in [1.82, 2.24) is 17.8 Å². The summed E-state index contributed by atoms with van der Waals surface area (Å²) >= 11 is 0. The van der Waals surface area contributed by atoms with Gasteiger partial charge in [0.05, 0.1) is 11.4 Å². The summed E-state index contributed by atoms with van der Waals surface area (Å²) in [6.45, 7) is 2.68. The molecule has 1 N–H and O–H groups in total. The molecule has 0 radical (unpaired) electrons. The molecule has 30 heavy (non-hydrogen) atoms. The molecule has 3 rings (SSSR count). The van der Waals surface area contributed by atoms with Gasteiger partial charge in [-0.25, -0.2) is 8.42 Å². The first-order valence-electron chi connectivity index (χ1n) is 9.91. The Kier molecular flexibility index (Phi) is 7.15. The Labute approximate surface area is 178 Å². The van der Waals surface area contributed by atoms with E-state index >= 15 is 0 Å². The third-order valence-electron chi connectivity index (χ3n) is 5.31. The maximum atomic E-state index is 12.7. The standard InChI is InChI=1S/C18H29N5O5S2/c1-20(2)30(27,28)23-12-10-21(11-13-23)15-18(24)19-16-6-5-7-17(14-16)29(25,26)22-8-3-4-9-22/h5-7,14H,3-4,8-13,15H2,1-2H3,(H,19,24). The monoisotopic (exact) mass is 459 g/mol. The number of carbonyl (C=O) groups excluding carboxylic acids is 1. The minimum Gasteiger partial charge on any atom is -0.325 e. The number of rotatable bonds is 7. The Balaban J connectivity index is 1.56. The minimum absolute atomic E-state index is 0.110. The van der Waals surface area contributed by atoms with Crippen molar-refractivity contribution in [3.63, 3.8) is 0 Å². The molecule has 0 bridgehead atoms. The van der Waals surface area contributed by atoms with Crippen molar-refractivity contribution < 1.29 is 21.6 Å². The van der Waals surface area contributed by atoms with Crippen LogP contribution in [0.4, 0.5) is 5.69 Å². The predicted octanol–water partition coefficient (Wildman–Crippen LogP) is -0.166. The Morgan fingerprint density at radius 3 is 2.20 bits per heavy atom. The highest BCUT2D eigenvalue weighted by atomic mass is 32.2. The van der Waals surface area contributed by atoms with Crippen LogP contribution in [0.3, 0.4) is 0 Å². The summed E-state index contributed by atoms with van der Waals surface area (Å²) in [4.78, 5) is 14.5. The van der Waals surface area contributed by atoms with E-state index in [1.807, 2.05) is 4.90 Å². The molecule has 168 valence electrons. The number of hydrogen-bond acceptors (Lipinski definition) is 6. The molecular formula is C18H29N5O5S2. The number of sulfonamides is 1. The van der Waals surface area contributed by atoms with Crippen molar-refractivity contribution in [3.8, 4) is 0 Å². The topological polar surface area (TPSA) is 110 Å². The van der Waals surface area contributed by atoms with E-state index in [2.05, 4.69) is 5.32 Å². The largest absolute Gasteiger partial charge is 0.325 e. The highest BCUT2D eigenvalue weighted by Gasteiger charge is 2.29. The molecule has 2 heterocycles. The van der Waals surface area contributed by atoms with E-state index in [1.54, 1.807) is 12.1 Å². The lowest BCUT2D eigenvalue weighted by Crippen LogP contribution is -2.52. The minimum atomic E-state index is -3.55. The van der Waals surface area contributed by atoms with Crippen molar-refractivity contribution >= 4 is 31.8 Å². The fraction of sp³-hybridized carbons (Fsp3) is 0.611. The summed E-state index contributed by atoms with van der Waals surface area (Å²) in [7, 11) is -4.01. The molecule has 10 nitrogen and oxygen atoms in total. The van der Waals surface area contributed by atoms with Gasteiger partial charge in [0.1, 0.15) is 0 Å². The van der Waals surface area contributed by atoms with Crippen LogP contribution in [-0.4, -0.2) is 100 Å². The average Bonchev–Trinajstić information content (AvgIpc) is 3.24. The van der Waals surface area contributed by atoms with Gasteiger partial charge in [-0.15, -0.1) is 0 Å². The van der Waals surface area contributed by atoms with Crippen LogP contribution in [0.25, 0.3) is 0 Å². The van der Waals surface area contributed by atoms with Gasteiger partial charge < -0.3 is 5.32 Å². The SMILES string of the molecule is CN(C)S(=O)(=O)N1CCN(CC(=O)Nc2cccc(S(=O)(=O)N3CCCC3)c2)CC1. The quantitative estimate of drug-likeness (QED) is 0.606. The van der Waals surface area contributed by atoms with E-state index in [0.29, 0.717) is 45.0 Å². The van der Waals surface area contributed by atoms with Gasteiger partial charge in [0, 0.05) is 59.1 Å². The highest BCUT2D eigenvalue weighted by molar-refractivity contribution is 7.89. The van der Waals surface area contributed by atoms with Crippen LogP contribution < -0.4 is 5.32 Å². The smallest absolute Gasteiger partial charge is 0.281 e. The molecule has 0 atom stereocenters. The van der Waals surface area contributed by atoms with Crippen LogP contribution in [0.2, 0.25) is 0 Å². The third kappa shape index (κ3) is 5.18. The molecule has 1 amide bonds. The number of amides is 1. The Bertz CT molecular complexity index is 966. The number of benzene rings is 1. The van der Waals surface area contributed by atoms with Crippen molar-refractivity contribution in [2.45, 2.75) is 17.7 Å². The zero-order valence-corrected chi connectivity index (χ0v) is 19.0. The summed E-state index contributed by atoms with van der Waals surface area (Å²) in [5.74, 6) is -0.269. The van der Waals surface area contributed by atoms with E-state index in [1.165, 1.54) is 39.1 Å². The lowest BCUT2D eigenvalue weighted by Gasteiger charge is -2.34. The van der Waals surface area contributed by atoms with E-state index < -0.39 is 20.2 Å². The maximum absolute atomic E-state index is 12.7. The molecule has 12 heteroatoms. The van der Waals surface area contributed by atoms with Crippen molar-refractivity contribution in [1.29, 1.82) is 0 Å². The van der Waals surface area contributed by atoms with Crippen LogP contribution >= 0.6 is 0 Å². The van der Waals surface area contributed by atoms with E-state index in [-0.39, 0.29) is 17.3 Å². The van der Waals surface area contributed by atoms with Gasteiger partial charge in [-0.05, 0) is 31.0 Å². The molecular weight excluding hydrogens is 430 g/mol. The summed E-state index contributed by atoms with van der Waals surface area (Å²) in [5, 5.41) is 2.75. The second-order valence-corrected chi connectivity index (χ2v) is 11.7. The van der Waals surface area contributed by atoms with Crippen molar-refractivity contribution in [3.05, 3.63) is 24.3 Å². The first kappa shape index (κ1) is 23.1. The molecule has 2 saturated heterocycles. The number of anilines is 1. The Morgan fingerprint density at radius 1 is 0.967 bits per heavy atom. The van der Waals surface area contributed by atoms with Gasteiger partial charge in [-0.2, -0.15) is 21.3 Å². The Hall–Kier alpha value is -1.57. The van der Waals surface area contributed by atoms with Crippen LogP contribution in [0.15, 0.2) is 29.2 Å². The second kappa shape index (κ2) is 9.28. The normalized spacial score (nSPS) is 20.0. The molecule has 0 aromatic heterocycles.